The first-order valence-electron chi connectivity index (χ1n) is 6.59. The molecule has 0 aliphatic carbocycles. The van der Waals surface area contributed by atoms with Gasteiger partial charge in [-0.05, 0) is 56.6 Å². The van der Waals surface area contributed by atoms with E-state index in [1.54, 1.807) is 0 Å². The van der Waals surface area contributed by atoms with Gasteiger partial charge >= 0.3 is 0 Å². The largest absolute Gasteiger partial charge is 0.454 e. The van der Waals surface area contributed by atoms with E-state index in [-0.39, 0.29) is 0 Å². The summed E-state index contributed by atoms with van der Waals surface area (Å²) in [5.41, 5.74) is 7.21. The van der Waals surface area contributed by atoms with Gasteiger partial charge in [-0.3, -0.25) is 4.90 Å². The molecule has 0 radical (unpaired) electrons. The summed E-state index contributed by atoms with van der Waals surface area (Å²) in [5, 5.41) is 0. The topological polar surface area (TPSA) is 47.7 Å². The lowest BCUT2D eigenvalue weighted by Gasteiger charge is -2.39. The van der Waals surface area contributed by atoms with Crippen molar-refractivity contribution in [3.8, 4) is 11.5 Å². The zero-order valence-corrected chi connectivity index (χ0v) is 10.8. The first-order chi connectivity index (χ1) is 8.79. The third kappa shape index (κ3) is 1.95. The Kier molecular flexibility index (Phi) is 3.14. The Morgan fingerprint density at radius 3 is 3.00 bits per heavy atom. The quantitative estimate of drug-likeness (QED) is 0.866. The van der Waals surface area contributed by atoms with E-state index in [4.69, 9.17) is 15.2 Å². The minimum atomic E-state index is 0.333. The van der Waals surface area contributed by atoms with Crippen LogP contribution in [0, 0.1) is 5.92 Å². The summed E-state index contributed by atoms with van der Waals surface area (Å²) in [7, 11) is 2.18. The minimum Gasteiger partial charge on any atom is -0.454 e. The van der Waals surface area contributed by atoms with Gasteiger partial charge in [-0.2, -0.15) is 0 Å². The molecule has 2 aliphatic heterocycles. The maximum Gasteiger partial charge on any atom is 0.231 e. The first kappa shape index (κ1) is 11.8. The lowest BCUT2D eigenvalue weighted by Crippen LogP contribution is -2.39. The van der Waals surface area contributed by atoms with E-state index in [1.807, 2.05) is 6.07 Å². The number of piperidine rings is 1. The molecule has 0 spiro atoms. The van der Waals surface area contributed by atoms with Crippen LogP contribution in [0.3, 0.4) is 0 Å². The molecular weight excluding hydrogens is 228 g/mol. The van der Waals surface area contributed by atoms with Crippen molar-refractivity contribution in [3.05, 3.63) is 23.8 Å². The monoisotopic (exact) mass is 248 g/mol. The van der Waals surface area contributed by atoms with E-state index in [0.717, 1.165) is 24.6 Å². The normalized spacial score (nSPS) is 27.4. The van der Waals surface area contributed by atoms with Gasteiger partial charge in [-0.1, -0.05) is 6.07 Å². The summed E-state index contributed by atoms with van der Waals surface area (Å²) in [6, 6.07) is 6.66. The highest BCUT2D eigenvalue weighted by atomic mass is 16.7. The number of hydrogen-bond donors (Lipinski definition) is 1. The van der Waals surface area contributed by atoms with Gasteiger partial charge < -0.3 is 15.2 Å². The zero-order chi connectivity index (χ0) is 12.5. The van der Waals surface area contributed by atoms with Crippen LogP contribution in [-0.2, 0) is 0 Å². The van der Waals surface area contributed by atoms with Crippen LogP contribution in [0.4, 0.5) is 0 Å². The second kappa shape index (κ2) is 4.78. The number of rotatable bonds is 2. The van der Waals surface area contributed by atoms with Gasteiger partial charge in [0.2, 0.25) is 6.79 Å². The molecule has 0 saturated carbocycles. The Bertz CT molecular complexity index is 436. The van der Waals surface area contributed by atoms with Gasteiger partial charge in [0.25, 0.3) is 0 Å². The van der Waals surface area contributed by atoms with Crippen LogP contribution in [0.25, 0.3) is 0 Å². The van der Waals surface area contributed by atoms with Gasteiger partial charge in [-0.25, -0.2) is 0 Å². The molecule has 2 heterocycles. The average Bonchev–Trinajstić information content (AvgIpc) is 2.85. The molecule has 18 heavy (non-hydrogen) atoms. The summed E-state index contributed by atoms with van der Waals surface area (Å²) >= 11 is 0. The van der Waals surface area contributed by atoms with Crippen LogP contribution in [-0.4, -0.2) is 31.8 Å². The summed E-state index contributed by atoms with van der Waals surface area (Å²) in [6.45, 7) is 2.21. The second-order valence-electron chi connectivity index (χ2n) is 5.18. The van der Waals surface area contributed by atoms with Crippen molar-refractivity contribution in [2.45, 2.75) is 18.9 Å². The fourth-order valence-corrected chi connectivity index (χ4v) is 3.13. The van der Waals surface area contributed by atoms with Crippen molar-refractivity contribution in [3.63, 3.8) is 0 Å². The highest BCUT2D eigenvalue weighted by molar-refractivity contribution is 5.45. The molecule has 0 unspecified atom stereocenters. The molecule has 98 valence electrons. The maximum atomic E-state index is 5.92. The van der Waals surface area contributed by atoms with Crippen molar-refractivity contribution in [2.24, 2.45) is 11.7 Å². The molecule has 0 bridgehead atoms. The Labute approximate surface area is 108 Å². The van der Waals surface area contributed by atoms with Gasteiger partial charge in [-0.15, -0.1) is 0 Å². The van der Waals surface area contributed by atoms with Gasteiger partial charge in [0.1, 0.15) is 0 Å². The minimum absolute atomic E-state index is 0.333. The molecule has 4 heteroatoms. The molecule has 1 aromatic rings. The molecule has 0 aromatic heterocycles. The lowest BCUT2D eigenvalue weighted by atomic mass is 9.85. The molecule has 3 rings (SSSR count). The van der Waals surface area contributed by atoms with Crippen molar-refractivity contribution in [1.82, 2.24) is 4.90 Å². The van der Waals surface area contributed by atoms with Gasteiger partial charge in [0.05, 0.1) is 0 Å². The molecule has 4 nitrogen and oxygen atoms in total. The van der Waals surface area contributed by atoms with Crippen LogP contribution in [0.1, 0.15) is 24.4 Å². The number of nitrogens with two attached hydrogens (primary N) is 1. The highest BCUT2D eigenvalue weighted by Gasteiger charge is 2.30. The summed E-state index contributed by atoms with van der Waals surface area (Å²) in [5.74, 6) is 2.24. The predicted octanol–water partition coefficient (Wildman–Crippen LogP) is 1.76. The van der Waals surface area contributed by atoms with Crippen molar-refractivity contribution < 1.29 is 9.47 Å². The number of ether oxygens (including phenoxy) is 2. The average molecular weight is 248 g/mol. The number of likely N-dealkylation sites (tertiary alicyclic amines) is 1. The Hall–Kier alpha value is -1.26. The molecule has 2 aliphatic rings. The van der Waals surface area contributed by atoms with E-state index in [1.165, 1.54) is 18.4 Å². The standard InChI is InChI=1S/C14H20N2O2/c1-16-6-2-3-11(8-15)14(16)10-4-5-12-13(7-10)18-9-17-12/h4-5,7,11,14H,2-3,6,8-9,15H2,1H3/t11-,14-/m1/s1. The Morgan fingerprint density at radius 2 is 2.17 bits per heavy atom. The molecule has 1 saturated heterocycles. The molecule has 2 atom stereocenters. The molecule has 2 N–H and O–H groups in total. The Morgan fingerprint density at radius 1 is 1.33 bits per heavy atom. The fraction of sp³-hybridized carbons (Fsp3) is 0.571. The lowest BCUT2D eigenvalue weighted by molar-refractivity contribution is 0.125. The summed E-state index contributed by atoms with van der Waals surface area (Å²) in [6.07, 6.45) is 2.44. The smallest absolute Gasteiger partial charge is 0.231 e. The SMILES string of the molecule is CN1CCC[C@H](CN)[C@H]1c1ccc2c(c1)OCO2. The second-order valence-corrected chi connectivity index (χ2v) is 5.18. The molecule has 0 amide bonds. The molecular formula is C14H20N2O2. The number of nitrogens with zero attached hydrogens (tertiary/aromatic N) is 1. The van der Waals surface area contributed by atoms with Crippen molar-refractivity contribution in [2.75, 3.05) is 26.9 Å². The fourth-order valence-electron chi connectivity index (χ4n) is 3.13. The van der Waals surface area contributed by atoms with E-state index >= 15 is 0 Å². The number of hydrogen-bond acceptors (Lipinski definition) is 4. The molecule has 1 fully saturated rings. The predicted molar refractivity (Wildman–Crippen MR) is 69.7 cm³/mol. The number of fused-ring (bicyclic) bond motifs is 1. The van der Waals surface area contributed by atoms with Gasteiger partial charge in [0.15, 0.2) is 11.5 Å². The van der Waals surface area contributed by atoms with E-state index in [0.29, 0.717) is 18.8 Å². The van der Waals surface area contributed by atoms with E-state index < -0.39 is 0 Å². The van der Waals surface area contributed by atoms with Crippen LogP contribution in [0.15, 0.2) is 18.2 Å². The highest BCUT2D eigenvalue weighted by Crippen LogP contribution is 2.39. The van der Waals surface area contributed by atoms with Crippen LogP contribution < -0.4 is 15.2 Å². The van der Waals surface area contributed by atoms with Crippen LogP contribution in [0.2, 0.25) is 0 Å². The van der Waals surface area contributed by atoms with E-state index in [9.17, 15) is 0 Å². The van der Waals surface area contributed by atoms with Crippen LogP contribution >= 0.6 is 0 Å². The van der Waals surface area contributed by atoms with Crippen molar-refractivity contribution >= 4 is 0 Å². The number of benzene rings is 1. The van der Waals surface area contributed by atoms with Crippen molar-refractivity contribution in [1.29, 1.82) is 0 Å². The van der Waals surface area contributed by atoms with E-state index in [2.05, 4.69) is 24.1 Å². The maximum absolute atomic E-state index is 5.92. The van der Waals surface area contributed by atoms with Crippen LogP contribution in [0.5, 0.6) is 11.5 Å². The summed E-state index contributed by atoms with van der Waals surface area (Å²) < 4.78 is 10.8. The third-order valence-corrected chi connectivity index (χ3v) is 4.05. The summed E-state index contributed by atoms with van der Waals surface area (Å²) in [4.78, 5) is 2.40. The zero-order valence-electron chi connectivity index (χ0n) is 10.8. The Balaban J connectivity index is 1.91. The third-order valence-electron chi connectivity index (χ3n) is 4.05. The molecule has 1 aromatic carbocycles. The first-order valence-corrected chi connectivity index (χ1v) is 6.59. The van der Waals surface area contributed by atoms with Gasteiger partial charge in [0, 0.05) is 6.04 Å².